The van der Waals surface area contributed by atoms with Crippen LogP contribution in [-0.4, -0.2) is 28.2 Å². The Morgan fingerprint density at radius 3 is 1.86 bits per heavy atom. The molecule has 14 heavy (non-hydrogen) atoms. The van der Waals surface area contributed by atoms with E-state index < -0.39 is 29.3 Å². The molecule has 2 unspecified atom stereocenters. The zero-order valence-electron chi connectivity index (χ0n) is 8.65. The van der Waals surface area contributed by atoms with Gasteiger partial charge >= 0.3 is 11.9 Å². The summed E-state index contributed by atoms with van der Waals surface area (Å²) in [5, 5.41) is 17.5. The summed E-state index contributed by atoms with van der Waals surface area (Å²) in [5.41, 5.74) is 4.80. The minimum Gasteiger partial charge on any atom is -0.481 e. The summed E-state index contributed by atoms with van der Waals surface area (Å²) in [6.45, 7) is 5.25. The van der Waals surface area contributed by atoms with Gasteiger partial charge in [-0.05, 0) is 11.8 Å². The molecule has 5 nitrogen and oxygen atoms in total. The fourth-order valence-corrected chi connectivity index (χ4v) is 1.18. The van der Waals surface area contributed by atoms with Crippen molar-refractivity contribution < 1.29 is 19.8 Å². The van der Waals surface area contributed by atoms with Crippen molar-refractivity contribution in [2.45, 2.75) is 33.2 Å². The van der Waals surface area contributed by atoms with E-state index in [2.05, 4.69) is 0 Å². The average Bonchev–Trinajstić information content (AvgIpc) is 1.96. The summed E-state index contributed by atoms with van der Waals surface area (Å²) in [7, 11) is 0. The Balaban J connectivity index is 4.55. The van der Waals surface area contributed by atoms with Crippen LogP contribution < -0.4 is 5.73 Å². The Kier molecular flexibility index (Phi) is 4.07. The quantitative estimate of drug-likeness (QED) is 0.619. The van der Waals surface area contributed by atoms with E-state index in [1.54, 1.807) is 20.8 Å². The SMILES string of the molecule is CC(C)(C)C(CC(N)C(=O)O)C(=O)O. The van der Waals surface area contributed by atoms with Crippen molar-refractivity contribution in [3.63, 3.8) is 0 Å². The summed E-state index contributed by atoms with van der Waals surface area (Å²) in [6.07, 6.45) is -0.0475. The van der Waals surface area contributed by atoms with Crippen LogP contribution in [0.3, 0.4) is 0 Å². The molecule has 0 saturated heterocycles. The summed E-state index contributed by atoms with van der Waals surface area (Å²) >= 11 is 0. The molecule has 2 atom stereocenters. The number of hydrogen-bond acceptors (Lipinski definition) is 3. The van der Waals surface area contributed by atoms with E-state index in [4.69, 9.17) is 15.9 Å². The molecule has 0 spiro atoms. The Labute approximate surface area is 82.9 Å². The van der Waals surface area contributed by atoms with Crippen LogP contribution in [0.1, 0.15) is 27.2 Å². The number of nitrogens with two attached hydrogens (primary N) is 1. The first kappa shape index (κ1) is 12.9. The Bertz CT molecular complexity index is 231. The Morgan fingerprint density at radius 2 is 1.64 bits per heavy atom. The molecular weight excluding hydrogens is 186 g/mol. The van der Waals surface area contributed by atoms with Crippen molar-refractivity contribution in [3.8, 4) is 0 Å². The van der Waals surface area contributed by atoms with Crippen molar-refractivity contribution in [2.24, 2.45) is 17.1 Å². The lowest BCUT2D eigenvalue weighted by Crippen LogP contribution is -2.39. The van der Waals surface area contributed by atoms with E-state index in [1.165, 1.54) is 0 Å². The molecule has 0 aromatic rings. The molecule has 0 aliphatic rings. The number of aliphatic carboxylic acids is 2. The zero-order chi connectivity index (χ0) is 11.5. The molecule has 5 heteroatoms. The Hall–Kier alpha value is -1.10. The van der Waals surface area contributed by atoms with Crippen LogP contribution in [-0.2, 0) is 9.59 Å². The fraction of sp³-hybridized carbons (Fsp3) is 0.778. The highest BCUT2D eigenvalue weighted by Crippen LogP contribution is 2.29. The average molecular weight is 203 g/mol. The van der Waals surface area contributed by atoms with E-state index in [-0.39, 0.29) is 6.42 Å². The standard InChI is InChI=1S/C9H17NO4/c1-9(2,3)5(7(11)12)4-6(10)8(13)14/h5-6H,4,10H2,1-3H3,(H,11,12)(H,13,14). The largest absolute Gasteiger partial charge is 0.481 e. The van der Waals surface area contributed by atoms with Gasteiger partial charge in [-0.1, -0.05) is 20.8 Å². The molecule has 0 aromatic heterocycles. The normalized spacial score (nSPS) is 16.0. The lowest BCUT2D eigenvalue weighted by molar-refractivity contribution is -0.147. The molecule has 82 valence electrons. The molecule has 4 N–H and O–H groups in total. The van der Waals surface area contributed by atoms with Crippen LogP contribution in [0.2, 0.25) is 0 Å². The molecule has 0 rings (SSSR count). The molecule has 0 saturated carbocycles. The van der Waals surface area contributed by atoms with E-state index in [0.717, 1.165) is 0 Å². The molecule has 0 aromatic carbocycles. The van der Waals surface area contributed by atoms with Gasteiger partial charge in [-0.15, -0.1) is 0 Å². The molecule has 0 amide bonds. The smallest absolute Gasteiger partial charge is 0.320 e. The summed E-state index contributed by atoms with van der Waals surface area (Å²) < 4.78 is 0. The van der Waals surface area contributed by atoms with Crippen LogP contribution in [0.25, 0.3) is 0 Å². The molecule has 0 radical (unpaired) electrons. The first-order valence-corrected chi connectivity index (χ1v) is 4.37. The number of hydrogen-bond donors (Lipinski definition) is 3. The second kappa shape index (κ2) is 4.41. The van der Waals surface area contributed by atoms with Gasteiger partial charge in [0.25, 0.3) is 0 Å². The molecule has 0 fully saturated rings. The Morgan fingerprint density at radius 1 is 1.21 bits per heavy atom. The maximum atomic E-state index is 10.9. The first-order chi connectivity index (χ1) is 6.16. The van der Waals surface area contributed by atoms with E-state index in [0.29, 0.717) is 0 Å². The van der Waals surface area contributed by atoms with Gasteiger partial charge in [0.1, 0.15) is 6.04 Å². The second-order valence-electron chi connectivity index (χ2n) is 4.44. The minimum atomic E-state index is -1.17. The van der Waals surface area contributed by atoms with Crippen molar-refractivity contribution in [3.05, 3.63) is 0 Å². The van der Waals surface area contributed by atoms with Crippen LogP contribution in [0.4, 0.5) is 0 Å². The highest BCUT2D eigenvalue weighted by atomic mass is 16.4. The predicted molar refractivity (Wildman–Crippen MR) is 50.8 cm³/mol. The van der Waals surface area contributed by atoms with Crippen LogP contribution in [0, 0.1) is 11.3 Å². The van der Waals surface area contributed by atoms with E-state index in [9.17, 15) is 9.59 Å². The number of carbonyl (C=O) groups is 2. The predicted octanol–water partition coefficient (Wildman–Crippen LogP) is 0.535. The zero-order valence-corrected chi connectivity index (χ0v) is 8.65. The van der Waals surface area contributed by atoms with Gasteiger partial charge in [0, 0.05) is 0 Å². The van der Waals surface area contributed by atoms with Gasteiger partial charge in [-0.3, -0.25) is 9.59 Å². The summed E-state index contributed by atoms with van der Waals surface area (Å²) in [6, 6.07) is -1.12. The van der Waals surface area contributed by atoms with Gasteiger partial charge in [-0.2, -0.15) is 0 Å². The summed E-state index contributed by atoms with van der Waals surface area (Å²) in [4.78, 5) is 21.3. The third kappa shape index (κ3) is 3.74. The van der Waals surface area contributed by atoms with Crippen LogP contribution in [0.5, 0.6) is 0 Å². The highest BCUT2D eigenvalue weighted by molar-refractivity contribution is 5.76. The lowest BCUT2D eigenvalue weighted by atomic mass is 9.77. The maximum absolute atomic E-state index is 10.9. The summed E-state index contributed by atoms with van der Waals surface area (Å²) in [5.74, 6) is -2.91. The van der Waals surface area contributed by atoms with Crippen LogP contribution in [0.15, 0.2) is 0 Å². The maximum Gasteiger partial charge on any atom is 0.320 e. The molecule has 0 bridgehead atoms. The van der Waals surface area contributed by atoms with Crippen molar-refractivity contribution in [1.82, 2.24) is 0 Å². The third-order valence-electron chi connectivity index (χ3n) is 2.15. The van der Waals surface area contributed by atoms with Gasteiger partial charge < -0.3 is 15.9 Å². The molecule has 0 heterocycles. The minimum absolute atomic E-state index is 0.0475. The highest BCUT2D eigenvalue weighted by Gasteiger charge is 2.34. The van der Waals surface area contributed by atoms with Crippen molar-refractivity contribution in [2.75, 3.05) is 0 Å². The third-order valence-corrected chi connectivity index (χ3v) is 2.15. The van der Waals surface area contributed by atoms with Gasteiger partial charge in [0.2, 0.25) is 0 Å². The van der Waals surface area contributed by atoms with E-state index in [1.807, 2.05) is 0 Å². The second-order valence-corrected chi connectivity index (χ2v) is 4.44. The van der Waals surface area contributed by atoms with Crippen molar-refractivity contribution in [1.29, 1.82) is 0 Å². The first-order valence-electron chi connectivity index (χ1n) is 4.37. The van der Waals surface area contributed by atoms with Gasteiger partial charge in [0.15, 0.2) is 0 Å². The number of carboxylic acids is 2. The van der Waals surface area contributed by atoms with Gasteiger partial charge in [0.05, 0.1) is 5.92 Å². The fourth-order valence-electron chi connectivity index (χ4n) is 1.18. The van der Waals surface area contributed by atoms with E-state index >= 15 is 0 Å². The number of carboxylic acid groups (broad SMARTS) is 2. The van der Waals surface area contributed by atoms with Crippen molar-refractivity contribution >= 4 is 11.9 Å². The topological polar surface area (TPSA) is 101 Å². The monoisotopic (exact) mass is 203 g/mol. The number of rotatable bonds is 4. The van der Waals surface area contributed by atoms with Gasteiger partial charge in [-0.25, -0.2) is 0 Å². The molecule has 0 aliphatic carbocycles. The molecular formula is C9H17NO4. The molecule has 0 aliphatic heterocycles. The van der Waals surface area contributed by atoms with Crippen LogP contribution >= 0.6 is 0 Å². The lowest BCUT2D eigenvalue weighted by Gasteiger charge is -2.28.